The van der Waals surface area contributed by atoms with Crippen LogP contribution in [-0.2, 0) is 0 Å². The van der Waals surface area contributed by atoms with Crippen LogP contribution in [0.2, 0.25) is 0 Å². The van der Waals surface area contributed by atoms with Gasteiger partial charge in [-0.25, -0.2) is 4.98 Å². The predicted octanol–water partition coefficient (Wildman–Crippen LogP) is 5.33. The van der Waals surface area contributed by atoms with Crippen molar-refractivity contribution in [3.8, 4) is 11.3 Å². The Morgan fingerprint density at radius 1 is 1.37 bits per heavy atom. The van der Waals surface area contributed by atoms with Gasteiger partial charge in [-0.1, -0.05) is 43.0 Å². The van der Waals surface area contributed by atoms with Crippen LogP contribution in [0.25, 0.3) is 23.0 Å². The van der Waals surface area contributed by atoms with Gasteiger partial charge in [-0.15, -0.1) is 0 Å². The van der Waals surface area contributed by atoms with E-state index in [-0.39, 0.29) is 6.67 Å². The lowest BCUT2D eigenvalue weighted by Crippen LogP contribution is -2.32. The number of alkyl halides is 3. The van der Waals surface area contributed by atoms with Gasteiger partial charge in [-0.3, -0.25) is 9.88 Å². The summed E-state index contributed by atoms with van der Waals surface area (Å²) in [6.45, 7) is 8.37. The zero-order valence-corrected chi connectivity index (χ0v) is 15.5. The largest absolute Gasteiger partial charge is 0.401 e. The smallest absolute Gasteiger partial charge is 0.372 e. The van der Waals surface area contributed by atoms with Crippen molar-refractivity contribution >= 4 is 29.1 Å². The molecule has 4 nitrogen and oxygen atoms in total. The monoisotopic (exact) mass is 396 g/mol. The predicted molar refractivity (Wildman–Crippen MR) is 105 cm³/mol. The number of hydrogen-bond donors (Lipinski definition) is 2. The third-order valence-electron chi connectivity index (χ3n) is 3.53. The summed E-state index contributed by atoms with van der Waals surface area (Å²) in [6.07, 6.45) is 0.635. The molecule has 0 amide bonds. The number of nitrogens with zero attached hydrogens (tertiary/aromatic N) is 2. The van der Waals surface area contributed by atoms with E-state index < -0.39 is 12.7 Å². The molecule has 144 valence electrons. The van der Waals surface area contributed by atoms with Gasteiger partial charge in [-0.2, -0.15) is 13.2 Å². The van der Waals surface area contributed by atoms with Gasteiger partial charge in [-0.05, 0) is 25.1 Å². The highest BCUT2D eigenvalue weighted by Gasteiger charge is 2.25. The molecular weight excluding hydrogens is 377 g/mol. The first kappa shape index (κ1) is 20.8. The van der Waals surface area contributed by atoms with Crippen molar-refractivity contribution in [2.45, 2.75) is 13.1 Å². The Kier molecular flexibility index (Phi) is 6.87. The number of rotatable bonds is 8. The number of aromatic nitrogens is 2. The van der Waals surface area contributed by atoms with E-state index in [2.05, 4.69) is 28.8 Å². The Balaban J connectivity index is 2.24. The van der Waals surface area contributed by atoms with Crippen LogP contribution in [-0.4, -0.2) is 28.9 Å². The van der Waals surface area contributed by atoms with Crippen molar-refractivity contribution in [2.75, 3.05) is 18.5 Å². The van der Waals surface area contributed by atoms with Gasteiger partial charge in [0, 0.05) is 22.0 Å². The highest BCUT2D eigenvalue weighted by Crippen LogP contribution is 2.27. The number of nitrogens with one attached hydrogen (secondary N) is 2. The summed E-state index contributed by atoms with van der Waals surface area (Å²) in [5.74, 6) is 0.604. The van der Waals surface area contributed by atoms with E-state index in [1.165, 1.54) is 6.08 Å². The Hall–Kier alpha value is -2.51. The van der Waals surface area contributed by atoms with Crippen LogP contribution in [0.4, 0.5) is 18.9 Å². The van der Waals surface area contributed by atoms with E-state index >= 15 is 0 Å². The van der Waals surface area contributed by atoms with Gasteiger partial charge in [0.2, 0.25) is 0 Å². The topological polar surface area (TPSA) is 41.9 Å². The van der Waals surface area contributed by atoms with E-state index in [1.54, 1.807) is 18.3 Å². The molecule has 0 saturated carbocycles. The second-order valence-electron chi connectivity index (χ2n) is 5.78. The van der Waals surface area contributed by atoms with Crippen LogP contribution in [0.5, 0.6) is 0 Å². The second kappa shape index (κ2) is 8.92. The van der Waals surface area contributed by atoms with E-state index in [4.69, 9.17) is 11.6 Å². The average molecular weight is 397 g/mol. The maximum Gasteiger partial charge on any atom is 0.401 e. The number of imidazole rings is 1. The molecule has 0 aliphatic rings. The molecule has 0 atom stereocenters. The Labute approximate surface area is 161 Å². The van der Waals surface area contributed by atoms with Crippen molar-refractivity contribution in [3.63, 3.8) is 0 Å². The molecule has 0 fully saturated rings. The average Bonchev–Trinajstić information content (AvgIpc) is 3.02. The summed E-state index contributed by atoms with van der Waals surface area (Å²) in [5, 5.41) is 5.66. The highest BCUT2D eigenvalue weighted by molar-refractivity contribution is 6.33. The molecule has 0 saturated heterocycles. The van der Waals surface area contributed by atoms with Crippen molar-refractivity contribution in [1.29, 1.82) is 0 Å². The van der Waals surface area contributed by atoms with Gasteiger partial charge >= 0.3 is 6.18 Å². The minimum absolute atomic E-state index is 0.00829. The fourth-order valence-electron chi connectivity index (χ4n) is 2.41. The molecule has 0 unspecified atom stereocenters. The van der Waals surface area contributed by atoms with Crippen LogP contribution in [0, 0.1) is 0 Å². The van der Waals surface area contributed by atoms with Gasteiger partial charge < -0.3 is 5.32 Å². The molecule has 0 bridgehead atoms. The molecule has 1 aromatic carbocycles. The summed E-state index contributed by atoms with van der Waals surface area (Å²) < 4.78 is 38.4. The number of halogens is 4. The number of benzene rings is 1. The molecule has 1 heterocycles. The van der Waals surface area contributed by atoms with Gasteiger partial charge in [0.05, 0.1) is 25.1 Å². The zero-order chi connectivity index (χ0) is 20.0. The van der Waals surface area contributed by atoms with Crippen molar-refractivity contribution < 1.29 is 13.2 Å². The summed E-state index contributed by atoms with van der Waals surface area (Å²) in [7, 11) is 0. The lowest BCUT2D eigenvalue weighted by atomic mass is 10.1. The molecule has 2 N–H and O–H groups in total. The van der Waals surface area contributed by atoms with Crippen LogP contribution in [0.1, 0.15) is 12.7 Å². The van der Waals surface area contributed by atoms with Gasteiger partial charge in [0.1, 0.15) is 5.82 Å². The Bertz CT molecular complexity index is 853. The minimum atomic E-state index is -4.24. The van der Waals surface area contributed by atoms with Crippen LogP contribution in [0.3, 0.4) is 0 Å². The number of allylic oxidation sites excluding steroid dienone is 3. The van der Waals surface area contributed by atoms with E-state index in [0.717, 1.165) is 17.0 Å². The summed E-state index contributed by atoms with van der Waals surface area (Å²) in [5.41, 5.74) is 3.04. The molecule has 8 heteroatoms. The Morgan fingerprint density at radius 2 is 2.11 bits per heavy atom. The third-order valence-corrected chi connectivity index (χ3v) is 3.80. The highest BCUT2D eigenvalue weighted by atomic mass is 35.5. The van der Waals surface area contributed by atoms with Gasteiger partial charge in [0.15, 0.2) is 0 Å². The summed E-state index contributed by atoms with van der Waals surface area (Å²) in [6, 6.07) is 7.29. The molecule has 0 radical (unpaired) electrons. The molecule has 27 heavy (non-hydrogen) atoms. The van der Waals surface area contributed by atoms with Crippen LogP contribution in [0.15, 0.2) is 54.7 Å². The fourth-order valence-corrected chi connectivity index (χ4v) is 2.51. The SMILES string of the molecule is C=C/C(Cl)=C\c1ncc(-c2cccc(NCNCC(F)(F)F)c2)n1C(=C)C. The normalized spacial score (nSPS) is 12.1. The van der Waals surface area contributed by atoms with E-state index in [0.29, 0.717) is 16.5 Å². The lowest BCUT2D eigenvalue weighted by molar-refractivity contribution is -0.124. The molecule has 0 aliphatic carbocycles. The zero-order valence-electron chi connectivity index (χ0n) is 14.8. The molecule has 0 aliphatic heterocycles. The van der Waals surface area contributed by atoms with Crippen molar-refractivity contribution in [2.24, 2.45) is 0 Å². The van der Waals surface area contributed by atoms with Crippen LogP contribution >= 0.6 is 11.6 Å². The molecule has 2 rings (SSSR count). The first-order valence-electron chi connectivity index (χ1n) is 8.06. The summed E-state index contributed by atoms with van der Waals surface area (Å²) in [4.78, 5) is 4.37. The first-order valence-corrected chi connectivity index (χ1v) is 8.44. The number of anilines is 1. The lowest BCUT2D eigenvalue weighted by Gasteiger charge is -2.13. The number of hydrogen-bond acceptors (Lipinski definition) is 3. The van der Waals surface area contributed by atoms with Gasteiger partial charge in [0.25, 0.3) is 0 Å². The Morgan fingerprint density at radius 3 is 2.74 bits per heavy atom. The fraction of sp³-hybridized carbons (Fsp3) is 0.211. The summed E-state index contributed by atoms with van der Waals surface area (Å²) >= 11 is 6.02. The third kappa shape index (κ3) is 6.01. The van der Waals surface area contributed by atoms with E-state index in [1.807, 2.05) is 29.7 Å². The molecule has 0 spiro atoms. The quantitative estimate of drug-likeness (QED) is 0.360. The molecule has 1 aromatic heterocycles. The molecular formula is C19H20ClF3N4. The standard InChI is InChI=1S/C19H20ClF3N4/c1-4-15(20)9-18-25-10-17(27(18)13(2)3)14-6-5-7-16(8-14)26-12-24-11-19(21,22)23/h4-10,24,26H,1-2,11-12H2,3H3/b15-9+. The van der Waals surface area contributed by atoms with Crippen molar-refractivity contribution in [1.82, 2.24) is 14.9 Å². The first-order chi connectivity index (χ1) is 12.7. The maximum atomic E-state index is 12.2. The van der Waals surface area contributed by atoms with E-state index in [9.17, 15) is 13.2 Å². The maximum absolute atomic E-state index is 12.2. The minimum Gasteiger partial charge on any atom is -0.372 e. The van der Waals surface area contributed by atoms with Crippen molar-refractivity contribution in [3.05, 3.63) is 60.6 Å². The molecule has 2 aromatic rings. The van der Waals surface area contributed by atoms with Crippen LogP contribution < -0.4 is 10.6 Å². The second-order valence-corrected chi connectivity index (χ2v) is 6.22.